The molecule has 2 rings (SSSR count). The maximum atomic E-state index is 13.6. The standard InChI is InChI=1S/C12H12F2N2O/c1-7-11(2-3-17-7)16-12-9(13)4-8(6-15)5-10(12)14/h4-5,7,11,16H,2-3H2,1H3. The fourth-order valence-electron chi connectivity index (χ4n) is 1.88. The summed E-state index contributed by atoms with van der Waals surface area (Å²) < 4.78 is 32.5. The van der Waals surface area contributed by atoms with E-state index in [-0.39, 0.29) is 23.4 Å². The van der Waals surface area contributed by atoms with Crippen molar-refractivity contribution in [2.24, 2.45) is 0 Å². The zero-order chi connectivity index (χ0) is 12.4. The molecule has 1 N–H and O–H groups in total. The number of hydrogen-bond donors (Lipinski definition) is 1. The second-order valence-electron chi connectivity index (χ2n) is 4.04. The monoisotopic (exact) mass is 238 g/mol. The van der Waals surface area contributed by atoms with Crippen molar-refractivity contribution in [2.75, 3.05) is 11.9 Å². The summed E-state index contributed by atoms with van der Waals surface area (Å²) in [5, 5.41) is 11.4. The molecule has 0 aromatic heterocycles. The van der Waals surface area contributed by atoms with Gasteiger partial charge < -0.3 is 10.1 Å². The van der Waals surface area contributed by atoms with Gasteiger partial charge in [-0.2, -0.15) is 5.26 Å². The van der Waals surface area contributed by atoms with Crippen LogP contribution in [0.4, 0.5) is 14.5 Å². The van der Waals surface area contributed by atoms with Gasteiger partial charge in [0.25, 0.3) is 0 Å². The summed E-state index contributed by atoms with van der Waals surface area (Å²) in [6.45, 7) is 2.43. The number of ether oxygens (including phenoxy) is 1. The molecule has 5 heteroatoms. The lowest BCUT2D eigenvalue weighted by atomic mass is 10.1. The van der Waals surface area contributed by atoms with Crippen molar-refractivity contribution < 1.29 is 13.5 Å². The van der Waals surface area contributed by atoms with Gasteiger partial charge in [0.15, 0.2) is 11.6 Å². The molecule has 1 heterocycles. The predicted octanol–water partition coefficient (Wildman–Crippen LogP) is 2.43. The highest BCUT2D eigenvalue weighted by Gasteiger charge is 2.26. The van der Waals surface area contributed by atoms with E-state index in [1.807, 2.05) is 6.92 Å². The Hall–Kier alpha value is -1.67. The van der Waals surface area contributed by atoms with Crippen molar-refractivity contribution in [1.29, 1.82) is 5.26 Å². The van der Waals surface area contributed by atoms with E-state index in [0.29, 0.717) is 13.0 Å². The average Bonchev–Trinajstić information content (AvgIpc) is 2.69. The van der Waals surface area contributed by atoms with Crippen LogP contribution in [0.1, 0.15) is 18.9 Å². The molecule has 2 unspecified atom stereocenters. The first kappa shape index (κ1) is 11.8. The van der Waals surface area contributed by atoms with Crippen LogP contribution in [0, 0.1) is 23.0 Å². The molecule has 1 saturated heterocycles. The summed E-state index contributed by atoms with van der Waals surface area (Å²) in [4.78, 5) is 0. The number of hydrogen-bond acceptors (Lipinski definition) is 3. The van der Waals surface area contributed by atoms with Gasteiger partial charge in [-0.1, -0.05) is 0 Å². The zero-order valence-electron chi connectivity index (χ0n) is 9.34. The Bertz CT molecular complexity index is 447. The van der Waals surface area contributed by atoms with Gasteiger partial charge >= 0.3 is 0 Å². The number of rotatable bonds is 2. The lowest BCUT2D eigenvalue weighted by Gasteiger charge is -2.18. The third-order valence-corrected chi connectivity index (χ3v) is 2.88. The van der Waals surface area contributed by atoms with Gasteiger partial charge in [0.1, 0.15) is 5.69 Å². The molecular weight excluding hydrogens is 226 g/mol. The Morgan fingerprint density at radius 3 is 2.53 bits per heavy atom. The molecular formula is C12H12F2N2O. The molecule has 1 aromatic carbocycles. The van der Waals surface area contributed by atoms with Gasteiger partial charge in [-0.3, -0.25) is 0 Å². The van der Waals surface area contributed by atoms with Gasteiger partial charge in [-0.25, -0.2) is 8.78 Å². The highest BCUT2D eigenvalue weighted by Crippen LogP contribution is 2.25. The second kappa shape index (κ2) is 4.68. The van der Waals surface area contributed by atoms with Gasteiger partial charge in [0, 0.05) is 6.61 Å². The summed E-state index contributed by atoms with van der Waals surface area (Å²) in [6, 6.07) is 3.64. The van der Waals surface area contributed by atoms with Gasteiger partial charge in [0.05, 0.1) is 23.8 Å². The van der Waals surface area contributed by atoms with Crippen molar-refractivity contribution in [3.8, 4) is 6.07 Å². The van der Waals surface area contributed by atoms with E-state index in [1.165, 1.54) is 0 Å². The summed E-state index contributed by atoms with van der Waals surface area (Å²) in [5.41, 5.74) is -0.215. The molecule has 1 aliphatic heterocycles. The number of nitrogens with one attached hydrogen (secondary N) is 1. The summed E-state index contributed by atoms with van der Waals surface area (Å²) in [6.07, 6.45) is 0.629. The van der Waals surface area contributed by atoms with E-state index in [2.05, 4.69) is 5.32 Å². The number of benzene rings is 1. The highest BCUT2D eigenvalue weighted by molar-refractivity contribution is 5.51. The minimum Gasteiger partial charge on any atom is -0.376 e. The molecule has 0 bridgehead atoms. The number of halogens is 2. The lowest BCUT2D eigenvalue weighted by Crippen LogP contribution is -2.27. The van der Waals surface area contributed by atoms with Gasteiger partial charge in [-0.15, -0.1) is 0 Å². The molecule has 0 aliphatic carbocycles. The Balaban J connectivity index is 2.24. The van der Waals surface area contributed by atoms with E-state index >= 15 is 0 Å². The van der Waals surface area contributed by atoms with Crippen LogP contribution in [-0.4, -0.2) is 18.8 Å². The molecule has 1 fully saturated rings. The van der Waals surface area contributed by atoms with Crippen LogP contribution in [0.2, 0.25) is 0 Å². The first-order valence-electron chi connectivity index (χ1n) is 5.39. The van der Waals surface area contributed by atoms with Crippen molar-refractivity contribution >= 4 is 5.69 Å². The van der Waals surface area contributed by atoms with E-state index in [0.717, 1.165) is 12.1 Å². The Kier molecular flexibility index (Phi) is 3.25. The summed E-state index contributed by atoms with van der Waals surface area (Å²) >= 11 is 0. The zero-order valence-corrected chi connectivity index (χ0v) is 9.34. The van der Waals surface area contributed by atoms with E-state index in [1.54, 1.807) is 6.07 Å². The average molecular weight is 238 g/mol. The van der Waals surface area contributed by atoms with Crippen molar-refractivity contribution in [3.05, 3.63) is 29.3 Å². The topological polar surface area (TPSA) is 45.0 Å². The number of nitriles is 1. The van der Waals surface area contributed by atoms with Crippen LogP contribution in [0.5, 0.6) is 0 Å². The van der Waals surface area contributed by atoms with Crippen LogP contribution >= 0.6 is 0 Å². The highest BCUT2D eigenvalue weighted by atomic mass is 19.1. The van der Waals surface area contributed by atoms with Crippen LogP contribution in [0.15, 0.2) is 12.1 Å². The molecule has 17 heavy (non-hydrogen) atoms. The summed E-state index contributed by atoms with van der Waals surface area (Å²) in [7, 11) is 0. The van der Waals surface area contributed by atoms with Gasteiger partial charge in [0.2, 0.25) is 0 Å². The minimum absolute atomic E-state index is 0.0266. The molecule has 3 nitrogen and oxygen atoms in total. The summed E-state index contributed by atoms with van der Waals surface area (Å²) in [5.74, 6) is -1.50. The van der Waals surface area contributed by atoms with Crippen LogP contribution in [0.25, 0.3) is 0 Å². The van der Waals surface area contributed by atoms with Crippen molar-refractivity contribution in [3.63, 3.8) is 0 Å². The van der Waals surface area contributed by atoms with E-state index in [4.69, 9.17) is 10.00 Å². The molecule has 1 aromatic rings. The fraction of sp³-hybridized carbons (Fsp3) is 0.417. The predicted molar refractivity (Wildman–Crippen MR) is 58.5 cm³/mol. The molecule has 0 amide bonds. The van der Waals surface area contributed by atoms with Crippen LogP contribution in [0.3, 0.4) is 0 Å². The smallest absolute Gasteiger partial charge is 0.150 e. The molecule has 2 atom stereocenters. The molecule has 1 aliphatic rings. The fourth-order valence-corrected chi connectivity index (χ4v) is 1.88. The van der Waals surface area contributed by atoms with Crippen molar-refractivity contribution in [1.82, 2.24) is 0 Å². The van der Waals surface area contributed by atoms with Crippen LogP contribution in [-0.2, 0) is 4.74 Å². The maximum absolute atomic E-state index is 13.6. The number of nitrogens with zero attached hydrogens (tertiary/aromatic N) is 1. The second-order valence-corrected chi connectivity index (χ2v) is 4.04. The maximum Gasteiger partial charge on any atom is 0.150 e. The number of anilines is 1. The Morgan fingerprint density at radius 2 is 2.06 bits per heavy atom. The largest absolute Gasteiger partial charge is 0.376 e. The molecule has 0 radical (unpaired) electrons. The third-order valence-electron chi connectivity index (χ3n) is 2.88. The Labute approximate surface area is 98.0 Å². The minimum atomic E-state index is -0.749. The van der Waals surface area contributed by atoms with E-state index < -0.39 is 11.6 Å². The first-order valence-corrected chi connectivity index (χ1v) is 5.39. The molecule has 0 spiro atoms. The van der Waals surface area contributed by atoms with E-state index in [9.17, 15) is 8.78 Å². The molecule has 90 valence electrons. The SMILES string of the molecule is CC1OCCC1Nc1c(F)cc(C#N)cc1F. The quantitative estimate of drug-likeness (QED) is 0.860. The van der Waals surface area contributed by atoms with Gasteiger partial charge in [-0.05, 0) is 25.5 Å². The normalized spacial score (nSPS) is 23.4. The molecule has 0 saturated carbocycles. The Morgan fingerprint density at radius 1 is 1.41 bits per heavy atom. The van der Waals surface area contributed by atoms with Crippen LogP contribution < -0.4 is 5.32 Å². The van der Waals surface area contributed by atoms with Crippen molar-refractivity contribution in [2.45, 2.75) is 25.5 Å². The lowest BCUT2D eigenvalue weighted by molar-refractivity contribution is 0.121. The first-order chi connectivity index (χ1) is 8.11. The third kappa shape index (κ3) is 2.37.